The predicted molar refractivity (Wildman–Crippen MR) is 92.9 cm³/mol. The monoisotopic (exact) mass is 366 g/mol. The van der Waals surface area contributed by atoms with Crippen molar-refractivity contribution in [2.75, 3.05) is 0 Å². The Morgan fingerprint density at radius 3 is 2.42 bits per heavy atom. The summed E-state index contributed by atoms with van der Waals surface area (Å²) in [6.07, 6.45) is 1.66. The number of aliphatic hydroxyl groups excluding tert-OH is 1. The summed E-state index contributed by atoms with van der Waals surface area (Å²) in [4.78, 5) is 0. The minimum Gasteiger partial charge on any atom is -0.392 e. The van der Waals surface area contributed by atoms with E-state index in [1.54, 1.807) is 24.4 Å². The highest BCUT2D eigenvalue weighted by atomic mass is 35.5. The van der Waals surface area contributed by atoms with Crippen LogP contribution in [0.4, 0.5) is 10.1 Å². The van der Waals surface area contributed by atoms with Gasteiger partial charge in [0.25, 0.3) is 0 Å². The number of benzene rings is 2. The van der Waals surface area contributed by atoms with Crippen molar-refractivity contribution in [3.05, 3.63) is 75.3 Å². The Balaban J connectivity index is 2.10. The van der Waals surface area contributed by atoms with Crippen LogP contribution in [-0.4, -0.2) is 5.11 Å². The zero-order valence-electron chi connectivity index (χ0n) is 12.9. The van der Waals surface area contributed by atoms with E-state index in [2.05, 4.69) is 10.3 Å². The number of quaternary nitrogens is 1. The van der Waals surface area contributed by atoms with Gasteiger partial charge < -0.3 is 5.11 Å². The van der Waals surface area contributed by atoms with Gasteiger partial charge in [0.05, 0.1) is 6.61 Å². The number of hydrogen-bond donors (Lipinski definition) is 1. The average Bonchev–Trinajstić information content (AvgIpc) is 2.88. The maximum atomic E-state index is 13.7. The van der Waals surface area contributed by atoms with Crippen molar-refractivity contribution >= 4 is 28.9 Å². The summed E-state index contributed by atoms with van der Waals surface area (Å²) in [5, 5.41) is 18.8. The molecule has 2 aromatic rings. The van der Waals surface area contributed by atoms with Gasteiger partial charge in [0.1, 0.15) is 18.6 Å². The lowest BCUT2D eigenvalue weighted by atomic mass is 10.1. The van der Waals surface area contributed by atoms with Crippen LogP contribution >= 0.6 is 23.2 Å². The maximum absolute atomic E-state index is 13.7. The largest absolute Gasteiger partial charge is 0.392 e. The first-order chi connectivity index (χ1) is 11.4. The molecule has 0 bridgehead atoms. The SMILES string of the molecule is CC1=CN=N[N+]1(Cc1cc(Cl)cc(Cl)c1)c1ccc(F)c(CO)c1. The molecule has 1 aliphatic rings. The third-order valence-electron chi connectivity index (χ3n) is 3.99. The number of halogens is 3. The second-order valence-corrected chi connectivity index (χ2v) is 6.49. The van der Waals surface area contributed by atoms with Crippen molar-refractivity contribution < 1.29 is 9.50 Å². The van der Waals surface area contributed by atoms with Crippen molar-refractivity contribution in [1.29, 1.82) is 0 Å². The number of hydrogen-bond acceptors (Lipinski definition) is 3. The molecular formula is C17H15Cl2FN3O+. The molecule has 0 aliphatic carbocycles. The van der Waals surface area contributed by atoms with Crippen LogP contribution in [0.5, 0.6) is 0 Å². The van der Waals surface area contributed by atoms with Crippen LogP contribution in [0, 0.1) is 5.82 Å². The number of rotatable bonds is 4. The summed E-state index contributed by atoms with van der Waals surface area (Å²) in [6.45, 7) is 1.93. The summed E-state index contributed by atoms with van der Waals surface area (Å²) in [5.74, 6) is -0.456. The van der Waals surface area contributed by atoms with E-state index < -0.39 is 5.82 Å². The lowest BCUT2D eigenvalue weighted by Gasteiger charge is -2.28. The second-order valence-electron chi connectivity index (χ2n) is 5.61. The molecule has 0 radical (unpaired) electrons. The topological polar surface area (TPSA) is 45.0 Å². The number of nitrogens with zero attached hydrogens (tertiary/aromatic N) is 3. The summed E-state index contributed by atoms with van der Waals surface area (Å²) >= 11 is 12.2. The molecule has 2 aromatic carbocycles. The summed E-state index contributed by atoms with van der Waals surface area (Å²) in [7, 11) is 0. The fourth-order valence-corrected chi connectivity index (χ4v) is 3.32. The zero-order valence-corrected chi connectivity index (χ0v) is 14.4. The lowest BCUT2D eigenvalue weighted by Crippen LogP contribution is -2.39. The molecule has 0 aromatic heterocycles. The molecule has 1 heterocycles. The summed E-state index contributed by atoms with van der Waals surface area (Å²) < 4.78 is 13.8. The summed E-state index contributed by atoms with van der Waals surface area (Å²) in [6, 6.07) is 9.85. The first kappa shape index (κ1) is 17.0. The van der Waals surface area contributed by atoms with Crippen molar-refractivity contribution in [3.63, 3.8) is 0 Å². The molecule has 1 aliphatic heterocycles. The molecule has 1 N–H and O–H groups in total. The Morgan fingerprint density at radius 1 is 1.12 bits per heavy atom. The van der Waals surface area contributed by atoms with Gasteiger partial charge in [-0.2, -0.15) is 0 Å². The molecule has 0 saturated heterocycles. The Morgan fingerprint density at radius 2 is 1.83 bits per heavy atom. The Kier molecular flexibility index (Phi) is 4.69. The molecule has 1 atom stereocenters. The molecule has 0 saturated carbocycles. The van der Waals surface area contributed by atoms with E-state index in [1.807, 2.05) is 19.1 Å². The van der Waals surface area contributed by atoms with E-state index in [4.69, 9.17) is 23.2 Å². The van der Waals surface area contributed by atoms with Gasteiger partial charge >= 0.3 is 0 Å². The molecule has 124 valence electrons. The quantitative estimate of drug-likeness (QED) is 0.725. The molecule has 24 heavy (non-hydrogen) atoms. The summed E-state index contributed by atoms with van der Waals surface area (Å²) in [5.41, 5.74) is 2.65. The van der Waals surface area contributed by atoms with Crippen LogP contribution in [0.25, 0.3) is 0 Å². The van der Waals surface area contributed by atoms with Crippen LogP contribution in [0.3, 0.4) is 0 Å². The highest BCUT2D eigenvalue weighted by Gasteiger charge is 2.38. The first-order valence-electron chi connectivity index (χ1n) is 7.27. The van der Waals surface area contributed by atoms with Crippen LogP contribution in [0.2, 0.25) is 10.0 Å². The van der Waals surface area contributed by atoms with E-state index in [0.717, 1.165) is 11.3 Å². The van der Waals surface area contributed by atoms with Crippen LogP contribution in [0.15, 0.2) is 58.6 Å². The van der Waals surface area contributed by atoms with Gasteiger partial charge in [0, 0.05) is 45.5 Å². The molecule has 3 rings (SSSR count). The van der Waals surface area contributed by atoms with Gasteiger partial charge in [-0.25, -0.2) is 4.39 Å². The molecule has 7 heteroatoms. The Bertz CT molecular complexity index is 833. The highest BCUT2D eigenvalue weighted by molar-refractivity contribution is 6.34. The van der Waals surface area contributed by atoms with Gasteiger partial charge in [-0.15, -0.1) is 9.71 Å². The first-order valence-corrected chi connectivity index (χ1v) is 8.03. The van der Waals surface area contributed by atoms with Gasteiger partial charge in [-0.05, 0) is 24.3 Å². The molecule has 0 amide bonds. The maximum Gasteiger partial charge on any atom is 0.166 e. The number of allylic oxidation sites excluding steroid dienone is 1. The third kappa shape index (κ3) is 3.08. The van der Waals surface area contributed by atoms with E-state index in [-0.39, 0.29) is 16.8 Å². The van der Waals surface area contributed by atoms with Crippen LogP contribution in [-0.2, 0) is 13.2 Å². The third-order valence-corrected chi connectivity index (χ3v) is 4.43. The molecule has 1 unspecified atom stereocenters. The van der Waals surface area contributed by atoms with Crippen molar-refractivity contribution in [2.45, 2.75) is 20.1 Å². The predicted octanol–water partition coefficient (Wildman–Crippen LogP) is 5.37. The minimum absolute atomic E-state index is 0.0456. The Labute approximate surface area is 149 Å². The fraction of sp³-hybridized carbons (Fsp3) is 0.176. The van der Waals surface area contributed by atoms with E-state index in [9.17, 15) is 9.50 Å². The lowest BCUT2D eigenvalue weighted by molar-refractivity contribution is 0.274. The standard InChI is InChI=1S/C17H15Cl2FN3O/c1-11-8-21-22-23(11,9-12-4-14(18)7-15(19)5-12)16-2-3-17(20)13(6-16)10-24/h2-8,24H,9-10H2,1H3/q+1. The smallest absolute Gasteiger partial charge is 0.166 e. The van der Waals surface area contributed by atoms with Crippen molar-refractivity contribution in [1.82, 2.24) is 4.59 Å². The number of aliphatic hydroxyl groups is 1. The minimum atomic E-state index is -0.456. The molecular weight excluding hydrogens is 352 g/mol. The zero-order chi connectivity index (χ0) is 17.3. The van der Waals surface area contributed by atoms with Crippen LogP contribution < -0.4 is 4.59 Å². The molecule has 4 nitrogen and oxygen atoms in total. The molecule has 0 fully saturated rings. The van der Waals surface area contributed by atoms with Gasteiger partial charge in [-0.1, -0.05) is 23.2 Å². The van der Waals surface area contributed by atoms with E-state index >= 15 is 0 Å². The van der Waals surface area contributed by atoms with Gasteiger partial charge in [0.15, 0.2) is 11.4 Å². The average molecular weight is 367 g/mol. The Hall–Kier alpha value is -1.79. The normalized spacial score (nSPS) is 19.6. The molecule has 0 spiro atoms. The van der Waals surface area contributed by atoms with Gasteiger partial charge in [-0.3, -0.25) is 0 Å². The second kappa shape index (κ2) is 6.61. The van der Waals surface area contributed by atoms with Gasteiger partial charge in [0.2, 0.25) is 0 Å². The highest BCUT2D eigenvalue weighted by Crippen LogP contribution is 2.37. The van der Waals surface area contributed by atoms with E-state index in [1.165, 1.54) is 6.07 Å². The van der Waals surface area contributed by atoms with Crippen LogP contribution in [0.1, 0.15) is 18.1 Å². The van der Waals surface area contributed by atoms with E-state index in [0.29, 0.717) is 22.3 Å². The van der Waals surface area contributed by atoms with Crippen molar-refractivity contribution in [2.24, 2.45) is 10.3 Å². The fourth-order valence-electron chi connectivity index (χ4n) is 2.75. The van der Waals surface area contributed by atoms with Crippen molar-refractivity contribution in [3.8, 4) is 0 Å².